The zero-order valence-electron chi connectivity index (χ0n) is 11.3. The first kappa shape index (κ1) is 14.8. The summed E-state index contributed by atoms with van der Waals surface area (Å²) in [6.45, 7) is 0. The van der Waals surface area contributed by atoms with Gasteiger partial charge in [0.1, 0.15) is 0 Å². The molecule has 114 valence electrons. The highest BCUT2D eigenvalue weighted by Gasteiger charge is 2.29. The Kier molecular flexibility index (Phi) is 3.76. The first-order valence-corrected chi connectivity index (χ1v) is 7.63. The van der Waals surface area contributed by atoms with Crippen molar-refractivity contribution in [3.05, 3.63) is 60.3 Å². The van der Waals surface area contributed by atoms with Crippen LogP contribution in [0.2, 0.25) is 0 Å². The van der Waals surface area contributed by atoms with Crippen LogP contribution in [0.5, 0.6) is 0 Å². The van der Waals surface area contributed by atoms with Crippen LogP contribution in [0.25, 0.3) is 10.9 Å². The van der Waals surface area contributed by atoms with Gasteiger partial charge in [0.2, 0.25) is 0 Å². The predicted octanol–water partition coefficient (Wildman–Crippen LogP) is 4.55. The van der Waals surface area contributed by atoms with Gasteiger partial charge < -0.3 is 4.98 Å². The maximum Gasteiger partial charge on any atom is 0.416 e. The fraction of sp³-hybridized carbons (Fsp3) is 0.0667. The first-order chi connectivity index (χ1) is 10.4. The normalized spacial score (nSPS) is 13.6. The lowest BCUT2D eigenvalue weighted by Gasteiger charge is -2.07. The quantitative estimate of drug-likeness (QED) is 0.714. The largest absolute Gasteiger partial charge is 0.416 e. The zero-order valence-corrected chi connectivity index (χ0v) is 12.1. The number of para-hydroxylation sites is 1. The number of aromatic nitrogens is 1. The van der Waals surface area contributed by atoms with Crippen LogP contribution in [0.1, 0.15) is 5.56 Å². The number of hydrogen-bond acceptors (Lipinski definition) is 1. The van der Waals surface area contributed by atoms with Crippen LogP contribution in [0.15, 0.2) is 64.0 Å². The minimum absolute atomic E-state index is 0.554. The van der Waals surface area contributed by atoms with E-state index in [1.165, 1.54) is 12.1 Å². The number of hydrogen-bond donors (Lipinski definition) is 2. The number of rotatable bonds is 2. The van der Waals surface area contributed by atoms with E-state index < -0.39 is 22.6 Å². The highest BCUT2D eigenvalue weighted by atomic mass is 32.2. The molecule has 1 unspecified atom stereocenters. The third kappa shape index (κ3) is 2.90. The number of nitrogens with one attached hydrogen (secondary N) is 1. The first-order valence-electron chi connectivity index (χ1n) is 6.39. The summed E-state index contributed by atoms with van der Waals surface area (Å²) in [5.74, 6) is 0. The van der Waals surface area contributed by atoms with Crippen molar-refractivity contribution in [1.82, 2.24) is 4.98 Å². The molecule has 22 heavy (non-hydrogen) atoms. The van der Waals surface area contributed by atoms with Crippen molar-refractivity contribution in [2.45, 2.75) is 11.1 Å². The van der Waals surface area contributed by atoms with E-state index in [9.17, 15) is 13.2 Å². The Bertz CT molecular complexity index is 835. The average Bonchev–Trinajstić information content (AvgIpc) is 2.90. The Morgan fingerprint density at radius 1 is 1.00 bits per heavy atom. The van der Waals surface area contributed by atoms with Crippen LogP contribution in [-0.2, 0) is 17.1 Å². The molecule has 0 fully saturated rings. The van der Waals surface area contributed by atoms with Gasteiger partial charge in [0, 0.05) is 32.9 Å². The third-order valence-corrected chi connectivity index (χ3v) is 4.34. The Morgan fingerprint density at radius 3 is 2.36 bits per heavy atom. The topological polar surface area (TPSA) is 54.2 Å². The highest BCUT2D eigenvalue weighted by Crippen LogP contribution is 2.30. The van der Waals surface area contributed by atoms with Crippen LogP contribution in [0, 0.1) is 0 Å². The highest BCUT2D eigenvalue weighted by molar-refractivity contribution is 7.85. The van der Waals surface area contributed by atoms with E-state index in [1.54, 1.807) is 6.20 Å². The van der Waals surface area contributed by atoms with Crippen LogP contribution in [0.3, 0.4) is 0 Å². The molecular weight excluding hydrogens is 311 g/mol. The summed E-state index contributed by atoms with van der Waals surface area (Å²) in [7, 11) is -1.02. The van der Waals surface area contributed by atoms with Gasteiger partial charge in [0.15, 0.2) is 0 Å². The SMILES string of the molecule is NS(=Nc1c[nH]c2ccccc12)c1ccc(C(F)(F)F)cc1. The summed E-state index contributed by atoms with van der Waals surface area (Å²) in [4.78, 5) is 3.63. The standard InChI is InChI=1S/C15H12F3N3S/c16-15(17,18)10-5-7-11(8-6-10)22(19)21-14-9-20-13-4-2-1-3-12(13)14/h1-9,20H,(H2,19,21). The number of benzene rings is 2. The molecule has 0 aliphatic rings. The van der Waals surface area contributed by atoms with Crippen molar-refractivity contribution < 1.29 is 13.2 Å². The summed E-state index contributed by atoms with van der Waals surface area (Å²) in [5, 5.41) is 6.93. The van der Waals surface area contributed by atoms with E-state index in [0.29, 0.717) is 10.6 Å². The van der Waals surface area contributed by atoms with E-state index in [4.69, 9.17) is 5.14 Å². The van der Waals surface area contributed by atoms with E-state index >= 15 is 0 Å². The van der Waals surface area contributed by atoms with Crippen molar-refractivity contribution in [1.29, 1.82) is 0 Å². The van der Waals surface area contributed by atoms with Crippen LogP contribution < -0.4 is 5.14 Å². The number of halogens is 3. The van der Waals surface area contributed by atoms with Crippen molar-refractivity contribution in [3.63, 3.8) is 0 Å². The molecule has 0 amide bonds. The molecule has 3 nitrogen and oxygen atoms in total. The van der Waals surface area contributed by atoms with E-state index in [-0.39, 0.29) is 0 Å². The fourth-order valence-corrected chi connectivity index (χ4v) is 2.96. The average molecular weight is 323 g/mol. The van der Waals surface area contributed by atoms with Crippen molar-refractivity contribution in [3.8, 4) is 0 Å². The second-order valence-corrected chi connectivity index (χ2v) is 5.93. The monoisotopic (exact) mass is 323 g/mol. The Hall–Kier alpha value is -2.12. The zero-order chi connectivity index (χ0) is 15.7. The van der Waals surface area contributed by atoms with Gasteiger partial charge >= 0.3 is 6.18 Å². The molecule has 0 aliphatic heterocycles. The van der Waals surface area contributed by atoms with Gasteiger partial charge in [-0.1, -0.05) is 18.2 Å². The van der Waals surface area contributed by atoms with E-state index in [2.05, 4.69) is 9.35 Å². The lowest BCUT2D eigenvalue weighted by molar-refractivity contribution is -0.137. The molecule has 3 aromatic rings. The van der Waals surface area contributed by atoms with Crippen LogP contribution in [0.4, 0.5) is 18.9 Å². The van der Waals surface area contributed by atoms with Crippen LogP contribution in [-0.4, -0.2) is 4.98 Å². The van der Waals surface area contributed by atoms with Gasteiger partial charge in [-0.2, -0.15) is 13.2 Å². The summed E-state index contributed by atoms with van der Waals surface area (Å²) < 4.78 is 42.0. The molecule has 3 rings (SSSR count). The lowest BCUT2D eigenvalue weighted by atomic mass is 10.2. The molecule has 0 bridgehead atoms. The summed E-state index contributed by atoms with van der Waals surface area (Å²) in [6.07, 6.45) is -2.61. The van der Waals surface area contributed by atoms with Gasteiger partial charge in [0.05, 0.1) is 11.3 Å². The Morgan fingerprint density at radius 2 is 1.68 bits per heavy atom. The van der Waals surface area contributed by atoms with Crippen molar-refractivity contribution in [2.75, 3.05) is 0 Å². The Balaban J connectivity index is 1.94. The predicted molar refractivity (Wildman–Crippen MR) is 81.6 cm³/mol. The van der Waals surface area contributed by atoms with E-state index in [1.807, 2.05) is 24.3 Å². The van der Waals surface area contributed by atoms with Crippen molar-refractivity contribution in [2.24, 2.45) is 9.50 Å². The number of aromatic amines is 1. The van der Waals surface area contributed by atoms with Gasteiger partial charge in [-0.05, 0) is 30.3 Å². The molecular formula is C15H12F3N3S. The van der Waals surface area contributed by atoms with Gasteiger partial charge in [-0.3, -0.25) is 5.14 Å². The smallest absolute Gasteiger partial charge is 0.359 e. The molecule has 3 N–H and O–H groups in total. The van der Waals surface area contributed by atoms with Crippen LogP contribution >= 0.6 is 0 Å². The molecule has 7 heteroatoms. The lowest BCUT2D eigenvalue weighted by Crippen LogP contribution is -2.06. The molecule has 1 aromatic heterocycles. The summed E-state index contributed by atoms with van der Waals surface area (Å²) in [6, 6.07) is 12.4. The fourth-order valence-electron chi connectivity index (χ4n) is 2.07. The molecule has 0 saturated heterocycles. The number of nitrogens with two attached hydrogens (primary N) is 1. The summed E-state index contributed by atoms with van der Waals surface area (Å²) in [5.41, 5.74) is 0.937. The molecule has 0 radical (unpaired) electrons. The minimum Gasteiger partial charge on any atom is -0.359 e. The number of fused-ring (bicyclic) bond motifs is 1. The maximum atomic E-state index is 12.5. The molecule has 2 aromatic carbocycles. The molecule has 0 saturated carbocycles. The number of nitrogens with zero attached hydrogens (tertiary/aromatic N) is 1. The third-order valence-electron chi connectivity index (χ3n) is 3.19. The van der Waals surface area contributed by atoms with Gasteiger partial charge in [0.25, 0.3) is 0 Å². The number of H-pyrrole nitrogens is 1. The molecule has 1 heterocycles. The number of alkyl halides is 3. The Labute approximate surface area is 127 Å². The maximum absolute atomic E-state index is 12.5. The second kappa shape index (κ2) is 5.58. The minimum atomic E-state index is -4.35. The molecule has 0 spiro atoms. The summed E-state index contributed by atoms with van der Waals surface area (Å²) >= 11 is 0. The van der Waals surface area contributed by atoms with Gasteiger partial charge in [-0.15, -0.1) is 0 Å². The van der Waals surface area contributed by atoms with Gasteiger partial charge in [-0.25, -0.2) is 4.36 Å². The van der Waals surface area contributed by atoms with E-state index in [0.717, 1.165) is 23.0 Å². The second-order valence-electron chi connectivity index (χ2n) is 4.65. The van der Waals surface area contributed by atoms with Crippen molar-refractivity contribution >= 4 is 27.5 Å². The molecule has 1 atom stereocenters. The molecule has 0 aliphatic carbocycles.